The lowest BCUT2D eigenvalue weighted by molar-refractivity contribution is -0.274. The van der Waals surface area contributed by atoms with Gasteiger partial charge in [-0.3, -0.25) is 0 Å². The number of alkyl halides is 3. The molecule has 9 heteroatoms. The van der Waals surface area contributed by atoms with Crippen molar-refractivity contribution in [2.45, 2.75) is 13.3 Å². The van der Waals surface area contributed by atoms with Gasteiger partial charge in [-0.05, 0) is 60.5 Å². The third-order valence-corrected chi connectivity index (χ3v) is 3.71. The van der Waals surface area contributed by atoms with E-state index >= 15 is 0 Å². The molecule has 0 radical (unpaired) electrons. The Morgan fingerprint density at radius 2 is 1.60 bits per heavy atom. The van der Waals surface area contributed by atoms with Gasteiger partial charge in [0.2, 0.25) is 0 Å². The lowest BCUT2D eigenvalue weighted by Gasteiger charge is -2.10. The fourth-order valence-corrected chi connectivity index (χ4v) is 2.33. The zero-order valence-corrected chi connectivity index (χ0v) is 15.5. The minimum Gasteiger partial charge on any atom is -0.423 e. The minimum absolute atomic E-state index is 0.0607. The van der Waals surface area contributed by atoms with Gasteiger partial charge in [-0.1, -0.05) is 12.1 Å². The summed E-state index contributed by atoms with van der Waals surface area (Å²) in [6, 6.07) is 8.06. The summed E-state index contributed by atoms with van der Waals surface area (Å²) in [5.41, 5.74) is 1.06. The van der Waals surface area contributed by atoms with Crippen LogP contribution in [0.2, 0.25) is 0 Å². The van der Waals surface area contributed by atoms with Crippen molar-refractivity contribution in [1.29, 1.82) is 0 Å². The molecule has 154 valence electrons. The minimum atomic E-state index is -4.83. The van der Waals surface area contributed by atoms with Crippen LogP contribution in [0.4, 0.5) is 17.6 Å². The SMILES string of the molecule is Cc1cnc(/C=C/c2ccc(C(=O)Oc3ccc(OC(F)(F)F)cc3)c(F)c2)nc1. The number of carbonyl (C=O) groups is 1. The topological polar surface area (TPSA) is 61.3 Å². The van der Waals surface area contributed by atoms with Crippen molar-refractivity contribution >= 4 is 18.1 Å². The van der Waals surface area contributed by atoms with E-state index in [1.165, 1.54) is 12.1 Å². The van der Waals surface area contributed by atoms with Crippen molar-refractivity contribution in [1.82, 2.24) is 9.97 Å². The van der Waals surface area contributed by atoms with Crippen LogP contribution in [0.15, 0.2) is 54.9 Å². The molecule has 2 aromatic carbocycles. The van der Waals surface area contributed by atoms with Gasteiger partial charge in [0.25, 0.3) is 0 Å². The van der Waals surface area contributed by atoms with Crippen LogP contribution in [0.5, 0.6) is 11.5 Å². The van der Waals surface area contributed by atoms with Gasteiger partial charge in [0.1, 0.15) is 17.3 Å². The number of nitrogens with zero attached hydrogens (tertiary/aromatic N) is 2. The van der Waals surface area contributed by atoms with E-state index in [0.29, 0.717) is 11.4 Å². The van der Waals surface area contributed by atoms with Crippen LogP contribution >= 0.6 is 0 Å². The smallest absolute Gasteiger partial charge is 0.423 e. The Bertz CT molecular complexity index is 1060. The molecule has 30 heavy (non-hydrogen) atoms. The molecule has 3 aromatic rings. The van der Waals surface area contributed by atoms with Gasteiger partial charge in [-0.25, -0.2) is 19.2 Å². The number of benzene rings is 2. The molecule has 0 saturated heterocycles. The van der Waals surface area contributed by atoms with E-state index in [1.54, 1.807) is 24.5 Å². The quantitative estimate of drug-likeness (QED) is 0.323. The molecule has 0 N–H and O–H groups in total. The maximum atomic E-state index is 14.3. The molecule has 0 aliphatic carbocycles. The summed E-state index contributed by atoms with van der Waals surface area (Å²) in [4.78, 5) is 20.4. The van der Waals surface area contributed by atoms with Crippen LogP contribution in [0.3, 0.4) is 0 Å². The Balaban J connectivity index is 1.67. The highest BCUT2D eigenvalue weighted by Gasteiger charge is 2.31. The van der Waals surface area contributed by atoms with Crippen LogP contribution in [0.1, 0.15) is 27.3 Å². The lowest BCUT2D eigenvalue weighted by Crippen LogP contribution is -2.17. The first-order valence-electron chi connectivity index (χ1n) is 8.54. The van der Waals surface area contributed by atoms with Gasteiger partial charge in [0.05, 0.1) is 5.56 Å². The number of rotatable bonds is 5. The second kappa shape index (κ2) is 8.73. The van der Waals surface area contributed by atoms with Crippen molar-refractivity contribution in [2.24, 2.45) is 0 Å². The molecule has 0 aliphatic heterocycles. The molecule has 0 atom stereocenters. The average molecular weight is 418 g/mol. The first-order valence-corrected chi connectivity index (χ1v) is 8.54. The van der Waals surface area contributed by atoms with Crippen molar-refractivity contribution in [3.63, 3.8) is 0 Å². The predicted molar refractivity (Wildman–Crippen MR) is 100 cm³/mol. The molecular weight excluding hydrogens is 404 g/mol. The van der Waals surface area contributed by atoms with Crippen molar-refractivity contribution in [3.8, 4) is 11.5 Å². The number of ether oxygens (including phenoxy) is 2. The third kappa shape index (κ3) is 5.87. The molecule has 0 bridgehead atoms. The lowest BCUT2D eigenvalue weighted by atomic mass is 10.1. The first kappa shape index (κ1) is 21.0. The molecule has 0 saturated carbocycles. The zero-order chi connectivity index (χ0) is 21.7. The second-order valence-corrected chi connectivity index (χ2v) is 6.10. The summed E-state index contributed by atoms with van der Waals surface area (Å²) in [7, 11) is 0. The van der Waals surface area contributed by atoms with Gasteiger partial charge in [0, 0.05) is 12.4 Å². The summed E-state index contributed by atoms with van der Waals surface area (Å²) in [5.74, 6) is -1.89. The van der Waals surface area contributed by atoms with Crippen LogP contribution < -0.4 is 9.47 Å². The molecule has 0 unspecified atom stereocenters. The second-order valence-electron chi connectivity index (χ2n) is 6.10. The van der Waals surface area contributed by atoms with Crippen LogP contribution in [0, 0.1) is 12.7 Å². The Hall–Kier alpha value is -3.75. The predicted octanol–water partition coefficient (Wildman–Crippen LogP) is 5.21. The molecule has 0 aliphatic rings. The number of aromatic nitrogens is 2. The number of halogens is 4. The highest BCUT2D eigenvalue weighted by Crippen LogP contribution is 2.25. The number of aryl methyl sites for hydroxylation is 1. The summed E-state index contributed by atoms with van der Waals surface area (Å²) in [6.07, 6.45) is 1.64. The van der Waals surface area contributed by atoms with E-state index in [4.69, 9.17) is 4.74 Å². The molecule has 0 fully saturated rings. The molecule has 1 aromatic heterocycles. The molecule has 5 nitrogen and oxygen atoms in total. The van der Waals surface area contributed by atoms with E-state index in [0.717, 1.165) is 35.9 Å². The molecule has 0 spiro atoms. The van der Waals surface area contributed by atoms with Gasteiger partial charge < -0.3 is 9.47 Å². The zero-order valence-electron chi connectivity index (χ0n) is 15.5. The Kier molecular flexibility index (Phi) is 6.10. The normalized spacial score (nSPS) is 11.5. The number of hydrogen-bond acceptors (Lipinski definition) is 5. The van der Waals surface area contributed by atoms with Crippen LogP contribution in [0.25, 0.3) is 12.2 Å². The van der Waals surface area contributed by atoms with Crippen molar-refractivity contribution in [2.75, 3.05) is 0 Å². The van der Waals surface area contributed by atoms with Gasteiger partial charge >= 0.3 is 12.3 Å². The number of esters is 1. The van der Waals surface area contributed by atoms with E-state index in [1.807, 2.05) is 6.92 Å². The largest absolute Gasteiger partial charge is 0.573 e. The third-order valence-electron chi connectivity index (χ3n) is 3.71. The van der Waals surface area contributed by atoms with E-state index in [9.17, 15) is 22.4 Å². The Morgan fingerprint density at radius 1 is 0.967 bits per heavy atom. The Labute approximate surface area is 168 Å². The van der Waals surface area contributed by atoms with Gasteiger partial charge in [0.15, 0.2) is 5.82 Å². The van der Waals surface area contributed by atoms with E-state index in [-0.39, 0.29) is 11.3 Å². The maximum absolute atomic E-state index is 14.3. The highest BCUT2D eigenvalue weighted by molar-refractivity contribution is 5.91. The molecule has 0 amide bonds. The number of hydrogen-bond donors (Lipinski definition) is 0. The van der Waals surface area contributed by atoms with Crippen LogP contribution in [-0.4, -0.2) is 22.3 Å². The van der Waals surface area contributed by atoms with Gasteiger partial charge in [-0.2, -0.15) is 0 Å². The molecule has 1 heterocycles. The van der Waals surface area contributed by atoms with Crippen LogP contribution in [-0.2, 0) is 0 Å². The maximum Gasteiger partial charge on any atom is 0.573 e. The average Bonchev–Trinajstić information content (AvgIpc) is 2.68. The number of carbonyl (C=O) groups excluding carboxylic acids is 1. The molecular formula is C21H14F4N2O3. The van der Waals surface area contributed by atoms with E-state index < -0.39 is 23.9 Å². The fraction of sp³-hybridized carbons (Fsp3) is 0.0952. The summed E-state index contributed by atoms with van der Waals surface area (Å²) in [6.45, 7) is 1.85. The first-order chi connectivity index (χ1) is 14.2. The van der Waals surface area contributed by atoms with Gasteiger partial charge in [-0.15, -0.1) is 13.2 Å². The van der Waals surface area contributed by atoms with Crippen molar-refractivity contribution in [3.05, 3.63) is 83.2 Å². The molecule has 3 rings (SSSR count). The standard InChI is InChI=1S/C21H14F4N2O3/c1-13-11-26-19(27-12-13)9-3-14-2-8-17(18(22)10-14)20(28)29-15-4-6-16(7-5-15)30-21(23,24)25/h2-12H,1H3/b9-3+. The summed E-state index contributed by atoms with van der Waals surface area (Å²) >= 11 is 0. The fourth-order valence-electron chi connectivity index (χ4n) is 2.33. The summed E-state index contributed by atoms with van der Waals surface area (Å²) < 4.78 is 59.5. The highest BCUT2D eigenvalue weighted by atomic mass is 19.4. The van der Waals surface area contributed by atoms with E-state index in [2.05, 4.69) is 14.7 Å². The van der Waals surface area contributed by atoms with Crippen molar-refractivity contribution < 1.29 is 31.8 Å². The monoisotopic (exact) mass is 418 g/mol. The summed E-state index contributed by atoms with van der Waals surface area (Å²) in [5, 5.41) is 0. The Morgan fingerprint density at radius 3 is 2.20 bits per heavy atom.